The normalized spacial score (nSPS) is 13.0. The Labute approximate surface area is 124 Å². The molecule has 2 aromatic rings. The van der Waals surface area contributed by atoms with Gasteiger partial charge in [0.1, 0.15) is 5.75 Å². The summed E-state index contributed by atoms with van der Waals surface area (Å²) in [7, 11) is 0. The molecule has 1 heterocycles. The van der Waals surface area contributed by atoms with Gasteiger partial charge in [-0.1, -0.05) is 24.8 Å². The first kappa shape index (κ1) is 14.3. The van der Waals surface area contributed by atoms with Crippen molar-refractivity contribution in [1.29, 1.82) is 0 Å². The van der Waals surface area contributed by atoms with E-state index in [1.54, 1.807) is 24.3 Å². The summed E-state index contributed by atoms with van der Waals surface area (Å²) >= 11 is 0. The van der Waals surface area contributed by atoms with Crippen molar-refractivity contribution >= 4 is 6.08 Å². The molecular formula is C16H11F3O3. The molecule has 0 fully saturated rings. The summed E-state index contributed by atoms with van der Waals surface area (Å²) in [6.45, 7) is 3.83. The monoisotopic (exact) mass is 308 g/mol. The van der Waals surface area contributed by atoms with Crippen molar-refractivity contribution in [3.63, 3.8) is 0 Å². The van der Waals surface area contributed by atoms with Crippen LogP contribution in [0.3, 0.4) is 0 Å². The Hall–Kier alpha value is -2.63. The molecule has 0 N–H and O–H groups in total. The number of hydrogen-bond donors (Lipinski definition) is 0. The summed E-state index contributed by atoms with van der Waals surface area (Å²) in [5.41, 5.74) is 1.98. The number of benzene rings is 2. The molecule has 0 unspecified atom stereocenters. The van der Waals surface area contributed by atoms with Crippen LogP contribution in [-0.2, 0) is 0 Å². The van der Waals surface area contributed by atoms with Gasteiger partial charge in [0, 0.05) is 0 Å². The molecule has 1 aliphatic rings. The molecule has 0 aromatic heterocycles. The van der Waals surface area contributed by atoms with Gasteiger partial charge in [0.25, 0.3) is 0 Å². The zero-order valence-corrected chi connectivity index (χ0v) is 11.3. The lowest BCUT2D eigenvalue weighted by atomic mass is 9.98. The van der Waals surface area contributed by atoms with Gasteiger partial charge in [-0.2, -0.15) is 0 Å². The van der Waals surface area contributed by atoms with Crippen LogP contribution in [-0.4, -0.2) is 13.2 Å². The van der Waals surface area contributed by atoms with E-state index in [1.807, 2.05) is 0 Å². The van der Waals surface area contributed by atoms with Gasteiger partial charge < -0.3 is 14.2 Å². The minimum atomic E-state index is -4.73. The Morgan fingerprint density at radius 3 is 2.50 bits per heavy atom. The molecule has 22 heavy (non-hydrogen) atoms. The third-order valence-electron chi connectivity index (χ3n) is 3.14. The van der Waals surface area contributed by atoms with E-state index in [9.17, 15) is 13.2 Å². The molecule has 0 saturated carbocycles. The van der Waals surface area contributed by atoms with Crippen molar-refractivity contribution in [2.24, 2.45) is 0 Å². The summed E-state index contributed by atoms with van der Waals surface area (Å²) in [5.74, 6) is 0.849. The highest BCUT2D eigenvalue weighted by Crippen LogP contribution is 2.40. The number of ether oxygens (including phenoxy) is 3. The molecule has 0 aliphatic carbocycles. The maximum atomic E-state index is 12.3. The number of halogens is 3. The van der Waals surface area contributed by atoms with Crippen LogP contribution in [0, 0.1) is 0 Å². The molecule has 0 saturated heterocycles. The minimum absolute atomic E-state index is 0.118. The zero-order chi connectivity index (χ0) is 15.7. The first-order valence-corrected chi connectivity index (χ1v) is 6.38. The lowest BCUT2D eigenvalue weighted by Crippen LogP contribution is -2.17. The third-order valence-corrected chi connectivity index (χ3v) is 3.14. The Kier molecular flexibility index (Phi) is 3.44. The average molecular weight is 308 g/mol. The van der Waals surface area contributed by atoms with Crippen LogP contribution in [0.1, 0.15) is 5.56 Å². The van der Waals surface area contributed by atoms with Crippen LogP contribution >= 0.6 is 0 Å². The van der Waals surface area contributed by atoms with E-state index >= 15 is 0 Å². The fourth-order valence-corrected chi connectivity index (χ4v) is 2.24. The van der Waals surface area contributed by atoms with E-state index in [0.29, 0.717) is 22.6 Å². The van der Waals surface area contributed by atoms with Crippen LogP contribution in [0.4, 0.5) is 13.2 Å². The lowest BCUT2D eigenvalue weighted by molar-refractivity contribution is -0.274. The molecule has 0 bridgehead atoms. The van der Waals surface area contributed by atoms with Gasteiger partial charge >= 0.3 is 6.36 Å². The van der Waals surface area contributed by atoms with Crippen LogP contribution in [0.5, 0.6) is 17.2 Å². The molecule has 3 nitrogen and oxygen atoms in total. The highest BCUT2D eigenvalue weighted by Gasteiger charge is 2.31. The van der Waals surface area contributed by atoms with Crippen LogP contribution in [0.15, 0.2) is 43.0 Å². The summed E-state index contributed by atoms with van der Waals surface area (Å²) < 4.78 is 51.5. The highest BCUT2D eigenvalue weighted by atomic mass is 19.4. The lowest BCUT2D eigenvalue weighted by Gasteiger charge is -2.12. The fraction of sp³-hybridized carbons (Fsp3) is 0.125. The van der Waals surface area contributed by atoms with E-state index in [4.69, 9.17) is 9.47 Å². The maximum absolute atomic E-state index is 12.3. The Morgan fingerprint density at radius 2 is 1.82 bits per heavy atom. The van der Waals surface area contributed by atoms with E-state index in [-0.39, 0.29) is 12.5 Å². The summed E-state index contributed by atoms with van der Waals surface area (Å²) in [6.07, 6.45) is -3.12. The van der Waals surface area contributed by atoms with E-state index in [2.05, 4.69) is 11.3 Å². The third kappa shape index (κ3) is 2.86. The molecule has 2 aromatic carbocycles. The molecule has 0 amide bonds. The van der Waals surface area contributed by atoms with E-state index in [0.717, 1.165) is 5.56 Å². The van der Waals surface area contributed by atoms with Crippen LogP contribution in [0.25, 0.3) is 17.2 Å². The summed E-state index contributed by atoms with van der Waals surface area (Å²) in [6, 6.07) is 9.20. The van der Waals surface area contributed by atoms with E-state index in [1.165, 1.54) is 18.2 Å². The smallest absolute Gasteiger partial charge is 0.454 e. The number of alkyl halides is 3. The number of fused-ring (bicyclic) bond motifs is 1. The Bertz CT molecular complexity index is 723. The summed E-state index contributed by atoms with van der Waals surface area (Å²) in [5, 5.41) is 0. The van der Waals surface area contributed by atoms with Crippen molar-refractivity contribution in [3.8, 4) is 28.4 Å². The number of hydrogen-bond acceptors (Lipinski definition) is 3. The largest absolute Gasteiger partial charge is 0.573 e. The van der Waals surface area contributed by atoms with Gasteiger partial charge in [-0.05, 0) is 41.0 Å². The van der Waals surface area contributed by atoms with Crippen LogP contribution in [0.2, 0.25) is 0 Å². The van der Waals surface area contributed by atoms with Gasteiger partial charge in [0.15, 0.2) is 11.5 Å². The average Bonchev–Trinajstić information content (AvgIpc) is 2.91. The van der Waals surface area contributed by atoms with Crippen LogP contribution < -0.4 is 14.2 Å². The second kappa shape index (κ2) is 5.29. The quantitative estimate of drug-likeness (QED) is 0.828. The predicted octanol–water partition coefficient (Wildman–Crippen LogP) is 4.62. The predicted molar refractivity (Wildman–Crippen MR) is 74.8 cm³/mol. The molecular weight excluding hydrogens is 297 g/mol. The molecule has 1 aliphatic heterocycles. The molecule has 3 rings (SSSR count). The standard InChI is InChI=1S/C16H11F3O3/c1-2-10-7-14-15(21-9-20-14)8-13(10)11-4-3-5-12(6-11)22-16(17,18)19/h2-8H,1,9H2. The molecule has 114 valence electrons. The van der Waals surface area contributed by atoms with Crippen molar-refractivity contribution in [2.45, 2.75) is 6.36 Å². The van der Waals surface area contributed by atoms with Gasteiger partial charge in [0.05, 0.1) is 0 Å². The van der Waals surface area contributed by atoms with Crippen molar-refractivity contribution in [2.75, 3.05) is 6.79 Å². The molecule has 0 atom stereocenters. The van der Waals surface area contributed by atoms with Crippen molar-refractivity contribution in [3.05, 3.63) is 48.5 Å². The highest BCUT2D eigenvalue weighted by molar-refractivity contribution is 5.78. The Balaban J connectivity index is 2.04. The SMILES string of the molecule is C=Cc1cc2c(cc1-c1cccc(OC(F)(F)F)c1)OCO2. The van der Waals surface area contributed by atoms with Gasteiger partial charge in [-0.15, -0.1) is 13.2 Å². The van der Waals surface area contributed by atoms with Crippen molar-refractivity contribution < 1.29 is 27.4 Å². The van der Waals surface area contributed by atoms with Gasteiger partial charge in [0.2, 0.25) is 6.79 Å². The maximum Gasteiger partial charge on any atom is 0.573 e. The zero-order valence-electron chi connectivity index (χ0n) is 11.3. The summed E-state index contributed by atoms with van der Waals surface area (Å²) in [4.78, 5) is 0. The second-order valence-corrected chi connectivity index (χ2v) is 4.57. The fourth-order valence-electron chi connectivity index (χ4n) is 2.24. The van der Waals surface area contributed by atoms with Gasteiger partial charge in [-0.25, -0.2) is 0 Å². The van der Waals surface area contributed by atoms with E-state index < -0.39 is 6.36 Å². The first-order valence-electron chi connectivity index (χ1n) is 6.38. The second-order valence-electron chi connectivity index (χ2n) is 4.57. The topological polar surface area (TPSA) is 27.7 Å². The number of rotatable bonds is 3. The first-order chi connectivity index (χ1) is 10.5. The molecule has 6 heteroatoms. The molecule has 0 radical (unpaired) electrons. The minimum Gasteiger partial charge on any atom is -0.454 e. The van der Waals surface area contributed by atoms with Gasteiger partial charge in [-0.3, -0.25) is 0 Å². The Morgan fingerprint density at radius 1 is 1.09 bits per heavy atom. The van der Waals surface area contributed by atoms with Crippen molar-refractivity contribution in [1.82, 2.24) is 0 Å². The molecule has 0 spiro atoms.